The predicted octanol–water partition coefficient (Wildman–Crippen LogP) is 6.06. The first-order valence-corrected chi connectivity index (χ1v) is 16.9. The quantitative estimate of drug-likeness (QED) is 0.181. The van der Waals surface area contributed by atoms with Crippen molar-refractivity contribution in [3.8, 4) is 5.75 Å². The van der Waals surface area contributed by atoms with Crippen molar-refractivity contribution in [2.24, 2.45) is 0 Å². The van der Waals surface area contributed by atoms with Crippen LogP contribution in [0.3, 0.4) is 0 Å². The lowest BCUT2D eigenvalue weighted by atomic mass is 10.0. The zero-order valence-electron chi connectivity index (χ0n) is 27.1. The first-order chi connectivity index (χ1) is 22.0. The summed E-state index contributed by atoms with van der Waals surface area (Å²) in [6, 6.07) is 29.4. The summed E-state index contributed by atoms with van der Waals surface area (Å²) in [7, 11) is -2.78. The summed E-state index contributed by atoms with van der Waals surface area (Å²) in [5, 5.41) is 3.07. The van der Waals surface area contributed by atoms with Crippen molar-refractivity contribution < 1.29 is 22.7 Å². The van der Waals surface area contributed by atoms with Crippen LogP contribution in [-0.4, -0.2) is 50.9 Å². The molecule has 1 N–H and O–H groups in total. The van der Waals surface area contributed by atoms with Crippen LogP contribution in [0.15, 0.2) is 108 Å². The molecule has 2 atom stereocenters. The van der Waals surface area contributed by atoms with E-state index in [0.717, 1.165) is 26.6 Å². The van der Waals surface area contributed by atoms with Crippen LogP contribution in [0.4, 0.5) is 5.69 Å². The molecule has 0 spiro atoms. The maximum atomic E-state index is 14.7. The van der Waals surface area contributed by atoms with Crippen LogP contribution in [0.5, 0.6) is 5.75 Å². The molecule has 0 saturated heterocycles. The Bertz CT molecular complexity index is 1730. The third-order valence-corrected chi connectivity index (χ3v) is 9.89. The van der Waals surface area contributed by atoms with Crippen molar-refractivity contribution in [1.29, 1.82) is 0 Å². The van der Waals surface area contributed by atoms with E-state index in [1.807, 2.05) is 82.3 Å². The maximum absolute atomic E-state index is 14.7. The van der Waals surface area contributed by atoms with Gasteiger partial charge in [0.05, 0.1) is 17.7 Å². The molecule has 0 saturated carbocycles. The number of rotatable bonds is 14. The van der Waals surface area contributed by atoms with Gasteiger partial charge in [-0.15, -0.1) is 0 Å². The van der Waals surface area contributed by atoms with Crippen molar-refractivity contribution in [3.05, 3.63) is 125 Å². The van der Waals surface area contributed by atoms with Gasteiger partial charge in [0.1, 0.15) is 18.3 Å². The van der Waals surface area contributed by atoms with Gasteiger partial charge in [-0.3, -0.25) is 13.9 Å². The number of benzene rings is 4. The zero-order chi connectivity index (χ0) is 33.3. The van der Waals surface area contributed by atoms with E-state index in [4.69, 9.17) is 4.74 Å². The van der Waals surface area contributed by atoms with E-state index in [9.17, 15) is 18.0 Å². The van der Waals surface area contributed by atoms with Gasteiger partial charge in [0.15, 0.2) is 0 Å². The number of ether oxygens (including phenoxy) is 1. The summed E-state index contributed by atoms with van der Waals surface area (Å²) in [5.74, 6) is -0.526. The van der Waals surface area contributed by atoms with E-state index >= 15 is 0 Å². The van der Waals surface area contributed by atoms with Gasteiger partial charge in [-0.05, 0) is 68.1 Å². The highest BCUT2D eigenvalue weighted by molar-refractivity contribution is 7.92. The molecule has 46 heavy (non-hydrogen) atoms. The second-order valence-electron chi connectivity index (χ2n) is 11.5. The molecule has 2 amide bonds. The van der Waals surface area contributed by atoms with Crippen LogP contribution in [0.2, 0.25) is 0 Å². The molecule has 0 aromatic heterocycles. The minimum absolute atomic E-state index is 0.0395. The fourth-order valence-corrected chi connectivity index (χ4v) is 6.58. The van der Waals surface area contributed by atoms with Crippen molar-refractivity contribution in [1.82, 2.24) is 10.2 Å². The first-order valence-electron chi connectivity index (χ1n) is 15.5. The number of hydrogen-bond acceptors (Lipinski definition) is 5. The molecule has 4 aromatic rings. The van der Waals surface area contributed by atoms with Gasteiger partial charge in [-0.1, -0.05) is 91.3 Å². The van der Waals surface area contributed by atoms with Gasteiger partial charge in [-0.25, -0.2) is 8.42 Å². The third kappa shape index (κ3) is 8.34. The van der Waals surface area contributed by atoms with E-state index in [1.54, 1.807) is 36.4 Å². The Morgan fingerprint density at radius 2 is 1.48 bits per heavy atom. The summed E-state index contributed by atoms with van der Waals surface area (Å²) < 4.78 is 35.2. The number of nitrogens with one attached hydrogen (secondary N) is 1. The Morgan fingerprint density at radius 3 is 2.13 bits per heavy atom. The van der Waals surface area contributed by atoms with E-state index in [-0.39, 0.29) is 35.5 Å². The first kappa shape index (κ1) is 34.2. The second-order valence-corrected chi connectivity index (χ2v) is 13.3. The van der Waals surface area contributed by atoms with E-state index in [0.29, 0.717) is 12.2 Å². The average Bonchev–Trinajstić information content (AvgIpc) is 3.06. The van der Waals surface area contributed by atoms with Crippen LogP contribution in [0.25, 0.3) is 0 Å². The molecule has 0 unspecified atom stereocenters. The average molecular weight is 642 g/mol. The van der Waals surface area contributed by atoms with Crippen molar-refractivity contribution in [2.45, 2.75) is 64.1 Å². The highest BCUT2D eigenvalue weighted by Crippen LogP contribution is 2.33. The summed E-state index contributed by atoms with van der Waals surface area (Å²) in [6.45, 7) is 7.29. The van der Waals surface area contributed by atoms with Gasteiger partial charge in [0, 0.05) is 19.0 Å². The number of sulfonamides is 1. The second kappa shape index (κ2) is 15.6. The number of aryl methyl sites for hydroxylation is 2. The minimum atomic E-state index is -4.24. The topological polar surface area (TPSA) is 96.0 Å². The minimum Gasteiger partial charge on any atom is -0.495 e. The van der Waals surface area contributed by atoms with Crippen LogP contribution >= 0.6 is 0 Å². The molecule has 0 aliphatic heterocycles. The lowest BCUT2D eigenvalue weighted by molar-refractivity contribution is -0.140. The Labute approximate surface area is 273 Å². The van der Waals surface area contributed by atoms with Crippen molar-refractivity contribution >= 4 is 27.5 Å². The van der Waals surface area contributed by atoms with Gasteiger partial charge >= 0.3 is 0 Å². The van der Waals surface area contributed by atoms with E-state index in [2.05, 4.69) is 5.32 Å². The fraction of sp³-hybridized carbons (Fsp3) is 0.297. The number of para-hydroxylation sites is 2. The smallest absolute Gasteiger partial charge is 0.264 e. The highest BCUT2D eigenvalue weighted by Gasteiger charge is 2.36. The summed E-state index contributed by atoms with van der Waals surface area (Å²) in [6.07, 6.45) is 0.964. The molecule has 9 heteroatoms. The van der Waals surface area contributed by atoms with Gasteiger partial charge < -0.3 is 15.0 Å². The molecule has 0 aliphatic rings. The summed E-state index contributed by atoms with van der Waals surface area (Å²) in [5.41, 5.74) is 3.81. The van der Waals surface area contributed by atoms with Crippen LogP contribution in [0.1, 0.15) is 42.5 Å². The molecule has 4 aromatic carbocycles. The number of carbonyl (C=O) groups excluding carboxylic acids is 2. The Hall–Kier alpha value is -4.63. The molecular weight excluding hydrogens is 598 g/mol. The number of amides is 2. The number of carbonyl (C=O) groups is 2. The Balaban J connectivity index is 1.84. The number of methoxy groups -OCH3 is 1. The van der Waals surface area contributed by atoms with E-state index < -0.39 is 28.5 Å². The molecule has 4 rings (SSSR count). The predicted molar refractivity (Wildman–Crippen MR) is 182 cm³/mol. The lowest BCUT2D eigenvalue weighted by Gasteiger charge is -2.35. The SMILES string of the molecule is CC[C@@H](C)NC(=O)[C@H](Cc1ccccc1)N(Cc1ccccc1C)C(=O)CN(c1ccccc1OC)S(=O)(=O)c1ccc(C)cc1. The molecule has 242 valence electrons. The van der Waals surface area contributed by atoms with Gasteiger partial charge in [-0.2, -0.15) is 0 Å². The maximum Gasteiger partial charge on any atom is 0.264 e. The van der Waals surface area contributed by atoms with Gasteiger partial charge in [0.25, 0.3) is 10.0 Å². The molecule has 0 heterocycles. The zero-order valence-corrected chi connectivity index (χ0v) is 28.0. The molecular formula is C37H43N3O5S. The monoisotopic (exact) mass is 641 g/mol. The summed E-state index contributed by atoms with van der Waals surface area (Å²) >= 11 is 0. The molecule has 0 aliphatic carbocycles. The third-order valence-electron chi connectivity index (χ3n) is 8.12. The Kier molecular flexibility index (Phi) is 11.6. The fourth-order valence-electron chi connectivity index (χ4n) is 5.15. The standard InChI is InChI=1S/C37H43N3O5S/c1-6-29(4)38-37(42)34(24-30-15-8-7-9-16-30)39(25-31-17-11-10-14-28(31)3)36(41)26-40(33-18-12-13-19-35(33)45-5)46(43,44)32-22-20-27(2)21-23-32/h7-23,29,34H,6,24-26H2,1-5H3,(H,38,42)/t29-,34+/m1/s1. The Morgan fingerprint density at radius 1 is 0.848 bits per heavy atom. The highest BCUT2D eigenvalue weighted by atomic mass is 32.2. The molecule has 0 radical (unpaired) electrons. The largest absolute Gasteiger partial charge is 0.495 e. The van der Waals surface area contributed by atoms with Crippen LogP contribution in [-0.2, 0) is 32.6 Å². The van der Waals surface area contributed by atoms with Crippen molar-refractivity contribution in [3.63, 3.8) is 0 Å². The van der Waals surface area contributed by atoms with Crippen molar-refractivity contribution in [2.75, 3.05) is 18.0 Å². The normalized spacial score (nSPS) is 12.5. The molecule has 8 nitrogen and oxygen atoms in total. The molecule has 0 bridgehead atoms. The number of anilines is 1. The number of hydrogen-bond donors (Lipinski definition) is 1. The molecule has 0 fully saturated rings. The number of nitrogens with zero attached hydrogens (tertiary/aromatic N) is 2. The van der Waals surface area contributed by atoms with Crippen LogP contribution in [0, 0.1) is 13.8 Å². The summed E-state index contributed by atoms with van der Waals surface area (Å²) in [4.78, 5) is 30.2. The lowest BCUT2D eigenvalue weighted by Crippen LogP contribution is -2.54. The van der Waals surface area contributed by atoms with Gasteiger partial charge in [0.2, 0.25) is 11.8 Å². The van der Waals surface area contributed by atoms with E-state index in [1.165, 1.54) is 24.1 Å². The van der Waals surface area contributed by atoms with Crippen LogP contribution < -0.4 is 14.4 Å².